The van der Waals surface area contributed by atoms with Crippen molar-refractivity contribution in [1.29, 1.82) is 0 Å². The number of phenolic OH excluding ortho intramolecular Hbond substituents is 3. The quantitative estimate of drug-likeness (QED) is 0.263. The molecule has 0 unspecified atom stereocenters. The van der Waals surface area contributed by atoms with E-state index in [-0.39, 0.29) is 23.5 Å². The van der Waals surface area contributed by atoms with Crippen molar-refractivity contribution in [1.82, 2.24) is 0 Å². The Balaban J connectivity index is 1.74. The second-order valence-corrected chi connectivity index (χ2v) is 8.18. The molecule has 0 saturated heterocycles. The van der Waals surface area contributed by atoms with Crippen molar-refractivity contribution < 1.29 is 28.5 Å². The van der Waals surface area contributed by atoms with Gasteiger partial charge in [-0.05, 0) is 56.9 Å². The SMILES string of the molecule is Oc1cc(C(F)(F)F)ccc1Cc1cc2ccccc2c(-c2c(O)ccc3ccccc23)c1O. The topological polar surface area (TPSA) is 60.7 Å². The molecular weight excluding hydrogens is 441 g/mol. The summed E-state index contributed by atoms with van der Waals surface area (Å²) in [6.45, 7) is 0. The molecule has 0 heterocycles. The average Bonchev–Trinajstić information content (AvgIpc) is 2.81. The normalized spacial score (nSPS) is 11.9. The molecule has 34 heavy (non-hydrogen) atoms. The Morgan fingerprint density at radius 1 is 0.588 bits per heavy atom. The zero-order chi connectivity index (χ0) is 24.0. The second kappa shape index (κ2) is 7.99. The zero-order valence-corrected chi connectivity index (χ0v) is 17.8. The summed E-state index contributed by atoms with van der Waals surface area (Å²) in [4.78, 5) is 0. The van der Waals surface area contributed by atoms with Crippen LogP contribution in [-0.2, 0) is 12.6 Å². The highest BCUT2D eigenvalue weighted by atomic mass is 19.4. The summed E-state index contributed by atoms with van der Waals surface area (Å²) >= 11 is 0. The molecule has 5 aromatic rings. The lowest BCUT2D eigenvalue weighted by atomic mass is 9.89. The van der Waals surface area contributed by atoms with Crippen molar-refractivity contribution in [3.05, 3.63) is 102 Å². The van der Waals surface area contributed by atoms with E-state index < -0.39 is 17.5 Å². The Kier molecular flexibility index (Phi) is 5.09. The van der Waals surface area contributed by atoms with Crippen molar-refractivity contribution in [3.8, 4) is 28.4 Å². The molecule has 0 fully saturated rings. The summed E-state index contributed by atoms with van der Waals surface area (Å²) in [6, 6.07) is 22.7. The van der Waals surface area contributed by atoms with Gasteiger partial charge in [0.25, 0.3) is 0 Å². The van der Waals surface area contributed by atoms with E-state index in [4.69, 9.17) is 0 Å². The molecule has 0 spiro atoms. The van der Waals surface area contributed by atoms with Crippen LogP contribution in [0, 0.1) is 0 Å². The molecule has 0 atom stereocenters. The first kappa shape index (κ1) is 21.6. The largest absolute Gasteiger partial charge is 0.508 e. The van der Waals surface area contributed by atoms with Crippen molar-refractivity contribution in [3.63, 3.8) is 0 Å². The van der Waals surface area contributed by atoms with E-state index in [1.807, 2.05) is 48.5 Å². The van der Waals surface area contributed by atoms with E-state index in [0.717, 1.165) is 22.2 Å². The maximum Gasteiger partial charge on any atom is 0.416 e. The summed E-state index contributed by atoms with van der Waals surface area (Å²) in [5, 5.41) is 35.6. The molecule has 6 heteroatoms. The van der Waals surface area contributed by atoms with Gasteiger partial charge in [-0.25, -0.2) is 0 Å². The Morgan fingerprint density at radius 3 is 1.91 bits per heavy atom. The van der Waals surface area contributed by atoms with Gasteiger partial charge in [0.05, 0.1) is 5.56 Å². The maximum atomic E-state index is 13.0. The van der Waals surface area contributed by atoms with E-state index >= 15 is 0 Å². The number of hydrogen-bond donors (Lipinski definition) is 3. The number of aromatic hydroxyl groups is 3. The van der Waals surface area contributed by atoms with Crippen molar-refractivity contribution in [2.24, 2.45) is 0 Å². The van der Waals surface area contributed by atoms with Gasteiger partial charge in [0.15, 0.2) is 0 Å². The van der Waals surface area contributed by atoms with Gasteiger partial charge in [-0.1, -0.05) is 60.7 Å². The van der Waals surface area contributed by atoms with Crippen LogP contribution >= 0.6 is 0 Å². The van der Waals surface area contributed by atoms with Crippen LogP contribution in [-0.4, -0.2) is 15.3 Å². The molecule has 0 bridgehead atoms. The molecule has 0 aliphatic carbocycles. The Labute approximate surface area is 193 Å². The summed E-state index contributed by atoms with van der Waals surface area (Å²) in [5.74, 6) is -0.615. The number of fused-ring (bicyclic) bond motifs is 2. The first-order valence-corrected chi connectivity index (χ1v) is 10.6. The molecule has 0 saturated carbocycles. The first-order chi connectivity index (χ1) is 16.2. The van der Waals surface area contributed by atoms with Crippen LogP contribution in [0.5, 0.6) is 17.2 Å². The second-order valence-electron chi connectivity index (χ2n) is 8.18. The lowest BCUT2D eigenvalue weighted by Crippen LogP contribution is -2.05. The van der Waals surface area contributed by atoms with Crippen molar-refractivity contribution in [2.45, 2.75) is 12.6 Å². The molecule has 0 aliphatic rings. The molecule has 0 aromatic heterocycles. The smallest absolute Gasteiger partial charge is 0.416 e. The highest BCUT2D eigenvalue weighted by molar-refractivity contribution is 6.10. The fourth-order valence-electron chi connectivity index (χ4n) is 4.40. The van der Waals surface area contributed by atoms with Crippen LogP contribution in [0.15, 0.2) is 84.9 Å². The number of rotatable bonds is 3. The van der Waals surface area contributed by atoms with Crippen LogP contribution in [0.2, 0.25) is 0 Å². The Bertz CT molecular complexity index is 1550. The first-order valence-electron chi connectivity index (χ1n) is 10.6. The van der Waals surface area contributed by atoms with Gasteiger partial charge < -0.3 is 15.3 Å². The molecule has 0 aliphatic heterocycles. The number of hydrogen-bond acceptors (Lipinski definition) is 3. The maximum absolute atomic E-state index is 13.0. The predicted molar refractivity (Wildman–Crippen MR) is 126 cm³/mol. The highest BCUT2D eigenvalue weighted by Crippen LogP contribution is 2.46. The third-order valence-corrected chi connectivity index (χ3v) is 6.05. The standard InChI is InChI=1S/C28H19F3O3/c29-28(30,31)20-11-9-18(24(33)15-20)14-19-13-17-6-2-4-8-22(17)26(27(19)34)25-21-7-3-1-5-16(21)10-12-23(25)32/h1-13,15,32-34H,14H2. The summed E-state index contributed by atoms with van der Waals surface area (Å²) in [6.07, 6.45) is -4.57. The molecule has 3 nitrogen and oxygen atoms in total. The van der Waals surface area contributed by atoms with E-state index in [2.05, 4.69) is 0 Å². The molecule has 3 N–H and O–H groups in total. The minimum atomic E-state index is -4.57. The van der Waals surface area contributed by atoms with Gasteiger partial charge in [-0.15, -0.1) is 0 Å². The minimum absolute atomic E-state index is 0.000827. The van der Waals surface area contributed by atoms with E-state index in [9.17, 15) is 28.5 Å². The average molecular weight is 460 g/mol. The summed E-state index contributed by atoms with van der Waals surface area (Å²) in [7, 11) is 0. The van der Waals surface area contributed by atoms with Crippen LogP contribution in [0.3, 0.4) is 0 Å². The Morgan fingerprint density at radius 2 is 1.24 bits per heavy atom. The number of halogens is 3. The molecule has 0 radical (unpaired) electrons. The fraction of sp³-hybridized carbons (Fsp3) is 0.0714. The van der Waals surface area contributed by atoms with E-state index in [1.54, 1.807) is 18.2 Å². The molecule has 0 amide bonds. The van der Waals surface area contributed by atoms with Crippen molar-refractivity contribution >= 4 is 21.5 Å². The van der Waals surface area contributed by atoms with Gasteiger partial charge in [-0.2, -0.15) is 13.2 Å². The minimum Gasteiger partial charge on any atom is -0.508 e. The van der Waals surface area contributed by atoms with Gasteiger partial charge >= 0.3 is 6.18 Å². The van der Waals surface area contributed by atoms with Crippen LogP contribution in [0.1, 0.15) is 16.7 Å². The van der Waals surface area contributed by atoms with Crippen LogP contribution in [0.4, 0.5) is 13.2 Å². The van der Waals surface area contributed by atoms with Crippen molar-refractivity contribution in [2.75, 3.05) is 0 Å². The number of alkyl halides is 3. The molecule has 5 aromatic carbocycles. The lowest BCUT2D eigenvalue weighted by molar-refractivity contribution is -0.137. The predicted octanol–water partition coefficient (Wildman–Crippen LogP) is 7.39. The third-order valence-electron chi connectivity index (χ3n) is 6.05. The van der Waals surface area contributed by atoms with Gasteiger partial charge in [-0.3, -0.25) is 0 Å². The summed E-state index contributed by atoms with van der Waals surface area (Å²) in [5.41, 5.74) is 0.597. The van der Waals surface area contributed by atoms with Gasteiger partial charge in [0, 0.05) is 17.5 Å². The number of benzene rings is 5. The Hall–Kier alpha value is -4.19. The van der Waals surface area contributed by atoms with E-state index in [1.165, 1.54) is 6.07 Å². The van der Waals surface area contributed by atoms with Crippen LogP contribution in [0.25, 0.3) is 32.7 Å². The molecule has 5 rings (SSSR count). The number of phenols is 3. The zero-order valence-electron chi connectivity index (χ0n) is 17.8. The summed E-state index contributed by atoms with van der Waals surface area (Å²) < 4.78 is 39.0. The molecule has 170 valence electrons. The fourth-order valence-corrected chi connectivity index (χ4v) is 4.40. The monoisotopic (exact) mass is 460 g/mol. The van der Waals surface area contributed by atoms with Gasteiger partial charge in [0.2, 0.25) is 0 Å². The lowest BCUT2D eigenvalue weighted by Gasteiger charge is -2.18. The van der Waals surface area contributed by atoms with Crippen LogP contribution < -0.4 is 0 Å². The highest BCUT2D eigenvalue weighted by Gasteiger charge is 2.31. The third kappa shape index (κ3) is 3.67. The van der Waals surface area contributed by atoms with E-state index in [0.29, 0.717) is 28.1 Å². The van der Waals surface area contributed by atoms with Gasteiger partial charge in [0.1, 0.15) is 17.2 Å². The molecular formula is C28H19F3O3.